The molecule has 0 bridgehead atoms. The number of nitrogens with zero attached hydrogens (tertiary/aromatic N) is 2. The Bertz CT molecular complexity index is 2090. The minimum Gasteiger partial charge on any atom is -0.334 e. The molecule has 0 amide bonds. The van der Waals surface area contributed by atoms with Gasteiger partial charge in [0.25, 0.3) is 0 Å². The number of rotatable bonds is 7. The van der Waals surface area contributed by atoms with E-state index in [0.29, 0.717) is 5.92 Å². The summed E-state index contributed by atoms with van der Waals surface area (Å²) >= 11 is 0. The molecule has 0 aliphatic heterocycles. The van der Waals surface area contributed by atoms with E-state index in [1.54, 1.807) is 0 Å². The van der Waals surface area contributed by atoms with Crippen LogP contribution >= 0.6 is 0 Å². The fourth-order valence-corrected chi connectivity index (χ4v) is 7.30. The summed E-state index contributed by atoms with van der Waals surface area (Å²) in [6.07, 6.45) is 12.7. The smallest absolute Gasteiger partial charge is 0.0591 e. The maximum atomic E-state index is 2.49. The summed E-state index contributed by atoms with van der Waals surface area (Å²) < 4.78 is 0. The van der Waals surface area contributed by atoms with Gasteiger partial charge in [0.1, 0.15) is 0 Å². The highest BCUT2D eigenvalue weighted by atomic mass is 15.2. The molecule has 47 heavy (non-hydrogen) atoms. The number of hydrogen-bond donors (Lipinski definition) is 0. The van der Waals surface area contributed by atoms with E-state index in [9.17, 15) is 0 Å². The topological polar surface area (TPSA) is 6.48 Å². The SMILES string of the molecule is CC1c2ccccc2C=CC1N(c1ccccc1)c1ccc(C2=CCC(N(c3ccccc3)c3ccc4ccccc4c3)C=C2)cc1. The average Bonchev–Trinajstić information content (AvgIpc) is 3.14. The maximum absolute atomic E-state index is 2.49. The number of benzene rings is 6. The molecule has 2 nitrogen and oxygen atoms in total. The van der Waals surface area contributed by atoms with Crippen molar-refractivity contribution in [1.29, 1.82) is 0 Å². The van der Waals surface area contributed by atoms with Crippen LogP contribution in [0.4, 0.5) is 22.7 Å². The molecule has 3 atom stereocenters. The first-order chi connectivity index (χ1) is 23.2. The van der Waals surface area contributed by atoms with Crippen LogP contribution < -0.4 is 9.80 Å². The molecule has 0 saturated heterocycles. The zero-order chi connectivity index (χ0) is 31.6. The Labute approximate surface area is 278 Å². The van der Waals surface area contributed by atoms with E-state index in [1.165, 1.54) is 55.8 Å². The van der Waals surface area contributed by atoms with E-state index in [1.807, 2.05) is 0 Å². The van der Waals surface area contributed by atoms with Crippen LogP contribution in [0.25, 0.3) is 22.4 Å². The van der Waals surface area contributed by atoms with Crippen molar-refractivity contribution in [2.45, 2.75) is 31.3 Å². The van der Waals surface area contributed by atoms with E-state index in [2.05, 4.69) is 199 Å². The van der Waals surface area contributed by atoms with Gasteiger partial charge in [-0.3, -0.25) is 0 Å². The molecule has 2 aliphatic rings. The molecule has 0 saturated carbocycles. The van der Waals surface area contributed by atoms with Crippen molar-refractivity contribution in [3.05, 3.63) is 193 Å². The second kappa shape index (κ2) is 12.7. The average molecular weight is 607 g/mol. The Morgan fingerprint density at radius 1 is 0.511 bits per heavy atom. The second-order valence-corrected chi connectivity index (χ2v) is 12.6. The predicted octanol–water partition coefficient (Wildman–Crippen LogP) is 11.7. The highest BCUT2D eigenvalue weighted by Gasteiger charge is 2.29. The molecule has 6 aromatic carbocycles. The lowest BCUT2D eigenvalue weighted by Gasteiger charge is -2.38. The summed E-state index contributed by atoms with van der Waals surface area (Å²) in [6.45, 7) is 2.35. The predicted molar refractivity (Wildman–Crippen MR) is 201 cm³/mol. The summed E-state index contributed by atoms with van der Waals surface area (Å²) in [5.41, 5.74) is 10.0. The fourth-order valence-electron chi connectivity index (χ4n) is 7.30. The van der Waals surface area contributed by atoms with Crippen LogP contribution in [-0.4, -0.2) is 12.1 Å². The standard InChI is InChI=1S/C45H38N2/c1-33-44-19-11-10-13-37(44)25-31-45(33)47(40-17-6-3-7-18-40)42-28-22-36(23-29-42)35-20-26-41(27-21-35)46(39-15-4-2-5-16-39)43-30-24-34-12-8-9-14-38(34)32-43/h2-26,28-33,41,45H,27H2,1H3. The van der Waals surface area contributed by atoms with Crippen molar-refractivity contribution in [2.24, 2.45) is 0 Å². The quantitative estimate of drug-likeness (QED) is 0.178. The highest BCUT2D eigenvalue weighted by molar-refractivity contribution is 5.87. The molecule has 0 heterocycles. The zero-order valence-electron chi connectivity index (χ0n) is 26.7. The molecular weight excluding hydrogens is 569 g/mol. The van der Waals surface area contributed by atoms with Gasteiger partial charge in [-0.05, 0) is 88.0 Å². The maximum Gasteiger partial charge on any atom is 0.0591 e. The first kappa shape index (κ1) is 28.8. The molecule has 0 spiro atoms. The fraction of sp³-hybridized carbons (Fsp3) is 0.111. The molecule has 3 unspecified atom stereocenters. The van der Waals surface area contributed by atoms with Crippen molar-refractivity contribution < 1.29 is 0 Å². The highest BCUT2D eigenvalue weighted by Crippen LogP contribution is 2.40. The van der Waals surface area contributed by atoms with Crippen LogP contribution in [0.1, 0.15) is 36.0 Å². The zero-order valence-corrected chi connectivity index (χ0v) is 26.7. The van der Waals surface area contributed by atoms with Crippen LogP contribution in [0.3, 0.4) is 0 Å². The largest absolute Gasteiger partial charge is 0.334 e. The van der Waals surface area contributed by atoms with Crippen LogP contribution in [0, 0.1) is 0 Å². The second-order valence-electron chi connectivity index (χ2n) is 12.6. The number of fused-ring (bicyclic) bond motifs is 2. The molecule has 0 aromatic heterocycles. The van der Waals surface area contributed by atoms with Crippen LogP contribution in [0.5, 0.6) is 0 Å². The third-order valence-corrected chi connectivity index (χ3v) is 9.74. The van der Waals surface area contributed by atoms with E-state index in [-0.39, 0.29) is 12.1 Å². The van der Waals surface area contributed by atoms with E-state index >= 15 is 0 Å². The van der Waals surface area contributed by atoms with Crippen LogP contribution in [-0.2, 0) is 0 Å². The molecule has 0 radical (unpaired) electrons. The van der Waals surface area contributed by atoms with Gasteiger partial charge < -0.3 is 9.80 Å². The summed E-state index contributed by atoms with van der Waals surface area (Å²) in [5, 5.41) is 2.52. The summed E-state index contributed by atoms with van der Waals surface area (Å²) in [7, 11) is 0. The lowest BCUT2D eigenvalue weighted by Crippen LogP contribution is -2.35. The van der Waals surface area contributed by atoms with E-state index < -0.39 is 0 Å². The molecular formula is C45H38N2. The Hall–Kier alpha value is -5.60. The van der Waals surface area contributed by atoms with Gasteiger partial charge in [0, 0.05) is 28.7 Å². The molecule has 0 N–H and O–H groups in total. The minimum absolute atomic E-state index is 0.215. The van der Waals surface area contributed by atoms with Gasteiger partial charge in [-0.2, -0.15) is 0 Å². The Morgan fingerprint density at radius 2 is 1.13 bits per heavy atom. The Kier molecular flexibility index (Phi) is 7.77. The molecule has 8 rings (SSSR count). The van der Waals surface area contributed by atoms with E-state index in [4.69, 9.17) is 0 Å². The molecule has 0 fully saturated rings. The molecule has 2 aliphatic carbocycles. The van der Waals surface area contributed by atoms with E-state index in [0.717, 1.165) is 6.42 Å². The van der Waals surface area contributed by atoms with Crippen molar-refractivity contribution in [3.8, 4) is 0 Å². The van der Waals surface area contributed by atoms with Crippen molar-refractivity contribution >= 4 is 45.2 Å². The van der Waals surface area contributed by atoms with Gasteiger partial charge in [-0.1, -0.05) is 140 Å². The van der Waals surface area contributed by atoms with Crippen LogP contribution in [0.15, 0.2) is 176 Å². The van der Waals surface area contributed by atoms with Crippen molar-refractivity contribution in [3.63, 3.8) is 0 Å². The lowest BCUT2D eigenvalue weighted by molar-refractivity contribution is 0.640. The summed E-state index contributed by atoms with van der Waals surface area (Å²) in [6, 6.07) is 55.3. The monoisotopic (exact) mass is 606 g/mol. The third-order valence-electron chi connectivity index (χ3n) is 9.74. The Morgan fingerprint density at radius 3 is 1.85 bits per heavy atom. The third kappa shape index (κ3) is 5.68. The lowest BCUT2D eigenvalue weighted by atomic mass is 9.83. The van der Waals surface area contributed by atoms with Crippen LogP contribution in [0.2, 0.25) is 0 Å². The van der Waals surface area contributed by atoms with Gasteiger partial charge in [0.15, 0.2) is 0 Å². The normalized spacial score (nSPS) is 18.4. The first-order valence-electron chi connectivity index (χ1n) is 16.7. The number of para-hydroxylation sites is 2. The van der Waals surface area contributed by atoms with Crippen molar-refractivity contribution in [2.75, 3.05) is 9.80 Å². The molecule has 228 valence electrons. The van der Waals surface area contributed by atoms with Gasteiger partial charge in [0.2, 0.25) is 0 Å². The summed E-state index contributed by atoms with van der Waals surface area (Å²) in [4.78, 5) is 4.96. The number of anilines is 4. The first-order valence-corrected chi connectivity index (χ1v) is 16.7. The van der Waals surface area contributed by atoms with Crippen molar-refractivity contribution in [1.82, 2.24) is 0 Å². The number of hydrogen-bond acceptors (Lipinski definition) is 2. The molecule has 2 heteroatoms. The molecule has 6 aromatic rings. The minimum atomic E-state index is 0.215. The Balaban J connectivity index is 1.07. The van der Waals surface area contributed by atoms with Gasteiger partial charge >= 0.3 is 0 Å². The van der Waals surface area contributed by atoms with Gasteiger partial charge in [-0.15, -0.1) is 0 Å². The number of allylic oxidation sites excluding steroid dienone is 2. The van der Waals surface area contributed by atoms with Gasteiger partial charge in [0.05, 0.1) is 12.1 Å². The summed E-state index contributed by atoms with van der Waals surface area (Å²) in [5.74, 6) is 0.354. The van der Waals surface area contributed by atoms with Gasteiger partial charge in [-0.25, -0.2) is 0 Å².